The Labute approximate surface area is 288 Å². The molecule has 1 aromatic heterocycles. The molecule has 13 nitrogen and oxygen atoms in total. The van der Waals surface area contributed by atoms with Crippen LogP contribution in [0.25, 0.3) is 0 Å². The van der Waals surface area contributed by atoms with Gasteiger partial charge in [-0.15, -0.1) is 0 Å². The van der Waals surface area contributed by atoms with Gasteiger partial charge in [-0.05, 0) is 68.1 Å². The molecular weight excluding hydrogens is 626 g/mol. The Balaban J connectivity index is 1.36. The molecule has 1 aromatic rings. The molecule has 6 atom stereocenters. The van der Waals surface area contributed by atoms with Crippen molar-refractivity contribution in [3.63, 3.8) is 0 Å². The fourth-order valence-corrected chi connectivity index (χ4v) is 7.87. The van der Waals surface area contributed by atoms with Crippen molar-refractivity contribution in [3.8, 4) is 0 Å². The van der Waals surface area contributed by atoms with Crippen molar-refractivity contribution < 1.29 is 28.8 Å². The predicted molar refractivity (Wildman–Crippen MR) is 181 cm³/mol. The van der Waals surface area contributed by atoms with E-state index in [1.54, 1.807) is 4.90 Å². The highest BCUT2D eigenvalue weighted by Gasteiger charge is 2.52. The fraction of sp³-hybridized carbons (Fsp3) is 0.722. The highest BCUT2D eigenvalue weighted by molar-refractivity contribution is 6.38. The number of hydrogen-bond acceptors (Lipinski definition) is 8. The lowest BCUT2D eigenvalue weighted by Gasteiger charge is -2.38. The van der Waals surface area contributed by atoms with Crippen molar-refractivity contribution in [3.05, 3.63) is 24.3 Å². The van der Waals surface area contributed by atoms with Crippen LogP contribution in [0, 0.1) is 23.2 Å². The SMILES string of the molecule is CCC[C@H](NC(=O)[C@@H]1[C@@H]2CCC[C@@H]2CN1C(=O)C(NC(=O)[C@@H](NC(=O)c1cnccn1)C1CCCCC1)C(C)(C)C)C(=O)C(=O)NC1CC1. The second kappa shape index (κ2) is 15.8. The molecule has 13 heteroatoms. The first-order valence-electron chi connectivity index (χ1n) is 18.2. The highest BCUT2D eigenvalue weighted by Crippen LogP contribution is 2.43. The van der Waals surface area contributed by atoms with Crippen molar-refractivity contribution in [2.75, 3.05) is 6.54 Å². The first-order valence-corrected chi connectivity index (χ1v) is 18.2. The van der Waals surface area contributed by atoms with Gasteiger partial charge in [0.25, 0.3) is 11.8 Å². The lowest BCUT2D eigenvalue weighted by atomic mass is 9.82. The van der Waals surface area contributed by atoms with E-state index in [0.717, 1.165) is 64.2 Å². The number of carbonyl (C=O) groups excluding carboxylic acids is 6. The molecule has 3 saturated carbocycles. The van der Waals surface area contributed by atoms with Crippen molar-refractivity contribution in [1.29, 1.82) is 0 Å². The third-order valence-electron chi connectivity index (χ3n) is 10.7. The Hall–Kier alpha value is -3.90. The molecule has 4 fully saturated rings. The standard InChI is InChI=1S/C36H53N7O6/c1-5-10-25(29(44)34(48)39-23-15-16-23)40-33(47)28-24-14-9-13-22(24)20-43(28)35(49)30(36(2,3)4)42-32(46)27(21-11-7-6-8-12-21)41-31(45)26-19-37-17-18-38-26/h17-19,21-25,27-28,30H,5-16,20H2,1-4H3,(H,39,48)(H,40,47)(H,41,45)(H,42,46)/t22-,24-,25+,27+,28+,30?/m1/s1. The summed E-state index contributed by atoms with van der Waals surface area (Å²) in [6, 6.07) is -3.68. The van der Waals surface area contributed by atoms with Gasteiger partial charge < -0.3 is 26.2 Å². The Morgan fingerprint density at radius 2 is 1.63 bits per heavy atom. The number of ketones is 1. The quantitative estimate of drug-likeness (QED) is 0.230. The van der Waals surface area contributed by atoms with E-state index in [2.05, 4.69) is 31.2 Å². The van der Waals surface area contributed by atoms with Gasteiger partial charge in [-0.1, -0.05) is 59.8 Å². The second-order valence-corrected chi connectivity index (χ2v) is 15.5. The Kier molecular flexibility index (Phi) is 11.7. The molecule has 268 valence electrons. The maximum atomic E-state index is 14.6. The molecule has 3 aliphatic carbocycles. The van der Waals surface area contributed by atoms with Crippen molar-refractivity contribution in [2.45, 2.75) is 135 Å². The molecule has 1 saturated heterocycles. The molecule has 5 amide bonds. The largest absolute Gasteiger partial charge is 0.347 e. The lowest BCUT2D eigenvalue weighted by Crippen LogP contribution is -2.62. The van der Waals surface area contributed by atoms with E-state index < -0.39 is 59.0 Å². The van der Waals surface area contributed by atoms with Gasteiger partial charge in [0.1, 0.15) is 23.8 Å². The van der Waals surface area contributed by atoms with Gasteiger partial charge in [0.15, 0.2) is 0 Å². The summed E-state index contributed by atoms with van der Waals surface area (Å²) in [6.07, 6.45) is 13.9. The van der Waals surface area contributed by atoms with E-state index in [-0.39, 0.29) is 35.4 Å². The molecule has 49 heavy (non-hydrogen) atoms. The average Bonchev–Trinajstić information content (AvgIpc) is 3.65. The second-order valence-electron chi connectivity index (χ2n) is 15.5. The fourth-order valence-electron chi connectivity index (χ4n) is 7.87. The summed E-state index contributed by atoms with van der Waals surface area (Å²) in [7, 11) is 0. The van der Waals surface area contributed by atoms with E-state index in [1.165, 1.54) is 18.6 Å². The maximum Gasteiger partial charge on any atom is 0.289 e. The molecule has 0 radical (unpaired) electrons. The van der Waals surface area contributed by atoms with Crippen molar-refractivity contribution >= 4 is 35.3 Å². The molecule has 0 spiro atoms. The zero-order valence-corrected chi connectivity index (χ0v) is 29.3. The molecule has 4 N–H and O–H groups in total. The van der Waals surface area contributed by atoms with Crippen LogP contribution in [0.4, 0.5) is 0 Å². The third kappa shape index (κ3) is 8.83. The zero-order chi connectivity index (χ0) is 35.3. The number of aromatic nitrogens is 2. The minimum Gasteiger partial charge on any atom is -0.347 e. The molecule has 1 aliphatic heterocycles. The van der Waals surface area contributed by atoms with Gasteiger partial charge in [-0.25, -0.2) is 4.98 Å². The average molecular weight is 680 g/mol. The number of nitrogens with zero attached hydrogens (tertiary/aromatic N) is 3. The van der Waals surface area contributed by atoms with Crippen molar-refractivity contribution in [1.82, 2.24) is 36.1 Å². The van der Waals surface area contributed by atoms with E-state index >= 15 is 0 Å². The van der Waals surface area contributed by atoms with Gasteiger partial charge >= 0.3 is 0 Å². The highest BCUT2D eigenvalue weighted by atomic mass is 16.2. The maximum absolute atomic E-state index is 14.6. The number of amides is 5. The summed E-state index contributed by atoms with van der Waals surface area (Å²) >= 11 is 0. The number of hydrogen-bond donors (Lipinski definition) is 4. The van der Waals surface area contributed by atoms with E-state index in [9.17, 15) is 28.8 Å². The normalized spacial score (nSPS) is 24.2. The summed E-state index contributed by atoms with van der Waals surface area (Å²) in [5, 5.41) is 11.5. The molecule has 5 rings (SSSR count). The van der Waals surface area contributed by atoms with Crippen LogP contribution in [0.2, 0.25) is 0 Å². The van der Waals surface area contributed by atoms with Crippen LogP contribution in [0.15, 0.2) is 18.6 Å². The van der Waals surface area contributed by atoms with E-state index in [4.69, 9.17) is 0 Å². The van der Waals surface area contributed by atoms with Gasteiger partial charge in [0.05, 0.1) is 12.2 Å². The number of carbonyl (C=O) groups is 6. The molecule has 2 heterocycles. The molecular formula is C36H53N7O6. The van der Waals surface area contributed by atoms with Gasteiger partial charge in [0.2, 0.25) is 23.5 Å². The molecule has 0 aromatic carbocycles. The number of fused-ring (bicyclic) bond motifs is 1. The topological polar surface area (TPSA) is 180 Å². The van der Waals surface area contributed by atoms with Crippen LogP contribution < -0.4 is 21.3 Å². The Morgan fingerprint density at radius 3 is 2.27 bits per heavy atom. The summed E-state index contributed by atoms with van der Waals surface area (Å²) in [4.78, 5) is 91.4. The van der Waals surface area contributed by atoms with Crippen LogP contribution in [-0.4, -0.2) is 86.9 Å². The zero-order valence-electron chi connectivity index (χ0n) is 29.3. The van der Waals surface area contributed by atoms with Crippen LogP contribution in [0.3, 0.4) is 0 Å². The minimum absolute atomic E-state index is 0.0132. The Bertz CT molecular complexity index is 1390. The first kappa shape index (κ1) is 36.4. The predicted octanol–water partition coefficient (Wildman–Crippen LogP) is 2.45. The monoisotopic (exact) mass is 679 g/mol. The van der Waals surface area contributed by atoms with E-state index in [0.29, 0.717) is 19.4 Å². The minimum atomic E-state index is -0.994. The number of likely N-dealkylation sites (tertiary alicyclic amines) is 1. The van der Waals surface area contributed by atoms with Crippen LogP contribution in [-0.2, 0) is 24.0 Å². The number of rotatable bonds is 13. The summed E-state index contributed by atoms with van der Waals surface area (Å²) in [6.45, 7) is 7.85. The van der Waals surface area contributed by atoms with Crippen LogP contribution in [0.1, 0.15) is 115 Å². The van der Waals surface area contributed by atoms with Gasteiger partial charge in [0, 0.05) is 25.0 Å². The number of Topliss-reactive ketones (excluding diaryl/α,β-unsaturated/α-hetero) is 1. The first-order chi connectivity index (χ1) is 23.4. The van der Waals surface area contributed by atoms with E-state index in [1.807, 2.05) is 27.7 Å². The summed E-state index contributed by atoms with van der Waals surface area (Å²) in [5.41, 5.74) is -0.638. The molecule has 1 unspecified atom stereocenters. The van der Waals surface area contributed by atoms with Gasteiger partial charge in [-0.3, -0.25) is 33.8 Å². The summed E-state index contributed by atoms with van der Waals surface area (Å²) in [5.74, 6) is -3.20. The lowest BCUT2D eigenvalue weighted by molar-refractivity contribution is -0.146. The third-order valence-corrected chi connectivity index (χ3v) is 10.7. The van der Waals surface area contributed by atoms with Crippen LogP contribution in [0.5, 0.6) is 0 Å². The van der Waals surface area contributed by atoms with Gasteiger partial charge in [-0.2, -0.15) is 0 Å². The Morgan fingerprint density at radius 1 is 0.898 bits per heavy atom. The molecule has 0 bridgehead atoms. The summed E-state index contributed by atoms with van der Waals surface area (Å²) < 4.78 is 0. The molecule has 4 aliphatic rings. The smallest absolute Gasteiger partial charge is 0.289 e. The van der Waals surface area contributed by atoms with Crippen molar-refractivity contribution in [2.24, 2.45) is 23.2 Å². The number of nitrogens with one attached hydrogen (secondary N) is 4. The van der Waals surface area contributed by atoms with Crippen LogP contribution >= 0.6 is 0 Å².